The fourth-order valence-electron chi connectivity index (χ4n) is 2.98. The van der Waals surface area contributed by atoms with Gasteiger partial charge in [0.15, 0.2) is 4.80 Å². The molecule has 0 saturated heterocycles. The molecule has 0 bridgehead atoms. The molecule has 3 rings (SSSR count). The van der Waals surface area contributed by atoms with E-state index >= 15 is 0 Å². The van der Waals surface area contributed by atoms with Gasteiger partial charge in [0.05, 0.1) is 16.8 Å². The Labute approximate surface area is 180 Å². The minimum absolute atomic E-state index is 0.0743. The number of thiazole rings is 1. The number of aryl methyl sites for hydroxylation is 3. The van der Waals surface area contributed by atoms with Crippen LogP contribution in [-0.4, -0.2) is 29.4 Å². The second-order valence-electron chi connectivity index (χ2n) is 7.05. The predicted molar refractivity (Wildman–Crippen MR) is 123 cm³/mol. The highest BCUT2D eigenvalue weighted by molar-refractivity contribution is 7.99. The number of aromatic nitrogens is 1. The highest BCUT2D eigenvalue weighted by Crippen LogP contribution is 2.22. The summed E-state index contributed by atoms with van der Waals surface area (Å²) in [6.07, 6.45) is 0.427. The Kier molecular flexibility index (Phi) is 7.70. The molecule has 0 spiro atoms. The molecule has 0 fully saturated rings. The summed E-state index contributed by atoms with van der Waals surface area (Å²) in [5, 5.41) is 0. The summed E-state index contributed by atoms with van der Waals surface area (Å²) in [6, 6.07) is 12.8. The molecule has 0 N–H and O–H groups in total. The first-order valence-corrected chi connectivity index (χ1v) is 11.7. The summed E-state index contributed by atoms with van der Waals surface area (Å²) >= 11 is 3.27. The zero-order valence-electron chi connectivity index (χ0n) is 17.5. The highest BCUT2D eigenvalue weighted by Gasteiger charge is 2.10. The molecule has 3 aromatic rings. The number of hydrogen-bond donors (Lipinski definition) is 0. The van der Waals surface area contributed by atoms with Gasteiger partial charge in [-0.3, -0.25) is 4.79 Å². The number of thioether (sulfide) groups is 1. The van der Waals surface area contributed by atoms with Gasteiger partial charge in [0.25, 0.3) is 0 Å². The van der Waals surface area contributed by atoms with Crippen molar-refractivity contribution in [3.05, 3.63) is 57.9 Å². The molecule has 1 heterocycles. The molecule has 29 heavy (non-hydrogen) atoms. The van der Waals surface area contributed by atoms with Gasteiger partial charge in [-0.2, -0.15) is 4.99 Å². The maximum absolute atomic E-state index is 12.5. The van der Waals surface area contributed by atoms with Gasteiger partial charge in [0.1, 0.15) is 0 Å². The number of fused-ring (bicyclic) bond motifs is 1. The molecule has 0 aliphatic heterocycles. The highest BCUT2D eigenvalue weighted by atomic mass is 32.2. The van der Waals surface area contributed by atoms with Crippen LogP contribution in [0, 0.1) is 20.8 Å². The van der Waals surface area contributed by atoms with E-state index < -0.39 is 0 Å². The van der Waals surface area contributed by atoms with Gasteiger partial charge in [-0.05, 0) is 63.1 Å². The number of carbonyl (C=O) groups excluding carboxylic acids is 1. The normalized spacial score (nSPS) is 12.1. The second kappa shape index (κ2) is 10.2. The van der Waals surface area contributed by atoms with Gasteiger partial charge in [-0.25, -0.2) is 0 Å². The molecule has 2 aromatic carbocycles. The minimum atomic E-state index is -0.0743. The van der Waals surface area contributed by atoms with E-state index in [0.717, 1.165) is 20.8 Å². The van der Waals surface area contributed by atoms with Crippen LogP contribution in [0.2, 0.25) is 0 Å². The summed E-state index contributed by atoms with van der Waals surface area (Å²) < 4.78 is 8.82. The van der Waals surface area contributed by atoms with Crippen molar-refractivity contribution in [3.63, 3.8) is 0 Å². The van der Waals surface area contributed by atoms with Gasteiger partial charge in [-0.1, -0.05) is 29.0 Å². The standard InChI is InChI=1S/C23H28N2O2S2/c1-5-27-12-11-25-20-14-17(3)18(4)15-21(20)29-23(25)24-22(26)10-13-28-19-8-6-16(2)7-9-19/h6-9,14-15H,5,10-13H2,1-4H3. The summed E-state index contributed by atoms with van der Waals surface area (Å²) in [7, 11) is 0. The van der Waals surface area contributed by atoms with Crippen molar-refractivity contribution in [1.29, 1.82) is 0 Å². The van der Waals surface area contributed by atoms with Crippen LogP contribution in [0.1, 0.15) is 30.0 Å². The van der Waals surface area contributed by atoms with Gasteiger partial charge >= 0.3 is 0 Å². The number of carbonyl (C=O) groups is 1. The molecule has 0 unspecified atom stereocenters. The van der Waals surface area contributed by atoms with Gasteiger partial charge in [0.2, 0.25) is 5.91 Å². The zero-order chi connectivity index (χ0) is 20.8. The number of amides is 1. The van der Waals surface area contributed by atoms with Crippen molar-refractivity contribution in [2.24, 2.45) is 4.99 Å². The van der Waals surface area contributed by atoms with E-state index in [9.17, 15) is 4.79 Å². The summed E-state index contributed by atoms with van der Waals surface area (Å²) in [5.74, 6) is 0.655. The van der Waals surface area contributed by atoms with E-state index in [4.69, 9.17) is 4.74 Å². The first kappa shape index (κ1) is 21.8. The first-order chi connectivity index (χ1) is 14.0. The lowest BCUT2D eigenvalue weighted by Crippen LogP contribution is -2.19. The molecule has 6 heteroatoms. The van der Waals surface area contributed by atoms with E-state index in [2.05, 4.69) is 66.7 Å². The van der Waals surface area contributed by atoms with Crippen molar-refractivity contribution in [3.8, 4) is 0 Å². The monoisotopic (exact) mass is 428 g/mol. The number of rotatable bonds is 8. The topological polar surface area (TPSA) is 43.6 Å². The average molecular weight is 429 g/mol. The lowest BCUT2D eigenvalue weighted by molar-refractivity contribution is -0.117. The maximum Gasteiger partial charge on any atom is 0.249 e. The molecule has 0 radical (unpaired) electrons. The lowest BCUT2D eigenvalue weighted by Gasteiger charge is -2.07. The quantitative estimate of drug-likeness (QED) is 0.362. The van der Waals surface area contributed by atoms with Crippen LogP contribution in [0.5, 0.6) is 0 Å². The summed E-state index contributed by atoms with van der Waals surface area (Å²) in [5.41, 5.74) is 4.86. The van der Waals surface area contributed by atoms with Crippen LogP contribution < -0.4 is 4.80 Å². The lowest BCUT2D eigenvalue weighted by atomic mass is 10.1. The molecule has 1 amide bonds. The third-order valence-electron chi connectivity index (χ3n) is 4.79. The molecular weight excluding hydrogens is 400 g/mol. The Balaban J connectivity index is 1.78. The molecular formula is C23H28N2O2S2. The number of ether oxygens (including phenoxy) is 1. The zero-order valence-corrected chi connectivity index (χ0v) is 19.2. The summed E-state index contributed by atoms with van der Waals surface area (Å²) in [4.78, 5) is 18.9. The smallest absolute Gasteiger partial charge is 0.249 e. The number of hydrogen-bond acceptors (Lipinski definition) is 4. The van der Waals surface area contributed by atoms with E-state index in [0.29, 0.717) is 26.2 Å². The minimum Gasteiger partial charge on any atom is -0.380 e. The van der Waals surface area contributed by atoms with Gasteiger partial charge in [-0.15, -0.1) is 11.8 Å². The van der Waals surface area contributed by atoms with Crippen molar-refractivity contribution >= 4 is 39.2 Å². The number of nitrogens with zero attached hydrogens (tertiary/aromatic N) is 2. The van der Waals surface area contributed by atoms with Crippen molar-refractivity contribution in [2.45, 2.75) is 45.6 Å². The van der Waals surface area contributed by atoms with Crippen LogP contribution in [0.3, 0.4) is 0 Å². The second-order valence-corrected chi connectivity index (χ2v) is 9.23. The Hall–Kier alpha value is -1.89. The van der Waals surface area contributed by atoms with Crippen LogP contribution >= 0.6 is 23.1 Å². The largest absolute Gasteiger partial charge is 0.380 e. The molecule has 154 valence electrons. The summed E-state index contributed by atoms with van der Waals surface area (Å²) in [6.45, 7) is 10.3. The van der Waals surface area contributed by atoms with Crippen molar-refractivity contribution in [1.82, 2.24) is 4.57 Å². The Bertz CT molecular complexity index is 1050. The Morgan fingerprint density at radius 1 is 1.14 bits per heavy atom. The predicted octanol–water partition coefficient (Wildman–Crippen LogP) is 5.27. The van der Waals surface area contributed by atoms with Crippen molar-refractivity contribution < 1.29 is 9.53 Å². The van der Waals surface area contributed by atoms with Crippen LogP contribution in [0.15, 0.2) is 46.3 Å². The molecule has 0 saturated carbocycles. The van der Waals surface area contributed by atoms with E-state index in [1.165, 1.54) is 21.6 Å². The number of benzene rings is 2. The van der Waals surface area contributed by atoms with Crippen LogP contribution in [0.25, 0.3) is 10.2 Å². The molecule has 0 aliphatic carbocycles. The SMILES string of the molecule is CCOCCn1c(=NC(=O)CCSc2ccc(C)cc2)sc2cc(C)c(C)cc21. The van der Waals surface area contributed by atoms with Crippen LogP contribution in [0.4, 0.5) is 0 Å². The van der Waals surface area contributed by atoms with E-state index in [1.54, 1.807) is 23.1 Å². The van der Waals surface area contributed by atoms with Gasteiger partial charge in [0, 0.05) is 30.2 Å². The van der Waals surface area contributed by atoms with Gasteiger partial charge < -0.3 is 9.30 Å². The molecule has 1 aromatic heterocycles. The van der Waals surface area contributed by atoms with Crippen LogP contribution in [-0.2, 0) is 16.1 Å². The van der Waals surface area contributed by atoms with Crippen molar-refractivity contribution in [2.75, 3.05) is 19.0 Å². The third kappa shape index (κ3) is 5.81. The first-order valence-electron chi connectivity index (χ1n) is 9.93. The maximum atomic E-state index is 12.5. The fraction of sp³-hybridized carbons (Fsp3) is 0.391. The Morgan fingerprint density at radius 2 is 1.86 bits per heavy atom. The average Bonchev–Trinajstić information content (AvgIpc) is 3.00. The Morgan fingerprint density at radius 3 is 2.59 bits per heavy atom. The fourth-order valence-corrected chi connectivity index (χ4v) is 4.97. The van der Waals surface area contributed by atoms with E-state index in [-0.39, 0.29) is 5.91 Å². The molecule has 4 nitrogen and oxygen atoms in total. The molecule has 0 atom stereocenters. The molecule has 0 aliphatic rings. The third-order valence-corrected chi connectivity index (χ3v) is 6.84. The van der Waals surface area contributed by atoms with E-state index in [1.807, 2.05) is 6.92 Å².